The van der Waals surface area contributed by atoms with E-state index in [4.69, 9.17) is 4.74 Å². The van der Waals surface area contributed by atoms with Gasteiger partial charge in [0.1, 0.15) is 23.3 Å². The third-order valence-electron chi connectivity index (χ3n) is 3.81. The summed E-state index contributed by atoms with van der Waals surface area (Å²) in [4.78, 5) is 20.3. The summed E-state index contributed by atoms with van der Waals surface area (Å²) in [5, 5.41) is 6.24. The first kappa shape index (κ1) is 18.3. The largest absolute Gasteiger partial charge is 0.465 e. The second-order valence-electron chi connectivity index (χ2n) is 5.83. The van der Waals surface area contributed by atoms with Crippen LogP contribution in [-0.4, -0.2) is 23.0 Å². The van der Waals surface area contributed by atoms with Gasteiger partial charge >= 0.3 is 5.97 Å². The molecule has 1 aromatic heterocycles. The van der Waals surface area contributed by atoms with Gasteiger partial charge in [0.2, 0.25) is 0 Å². The van der Waals surface area contributed by atoms with Gasteiger partial charge in [-0.25, -0.2) is 19.2 Å². The summed E-state index contributed by atoms with van der Waals surface area (Å²) < 4.78 is 18.5. The maximum atomic E-state index is 13.7. The molecule has 2 N–H and O–H groups in total. The average Bonchev–Trinajstić information content (AvgIpc) is 2.66. The summed E-state index contributed by atoms with van der Waals surface area (Å²) in [6.45, 7) is 2.07. The van der Waals surface area contributed by atoms with E-state index < -0.39 is 5.97 Å². The van der Waals surface area contributed by atoms with Crippen LogP contribution in [0.1, 0.15) is 21.7 Å². The first-order chi connectivity index (χ1) is 13.0. The molecule has 2 aromatic carbocycles. The molecule has 138 valence electrons. The number of anilines is 3. The normalized spacial score (nSPS) is 10.3. The minimum Gasteiger partial charge on any atom is -0.465 e. The zero-order valence-corrected chi connectivity index (χ0v) is 15.0. The first-order valence-electron chi connectivity index (χ1n) is 8.33. The Kier molecular flexibility index (Phi) is 5.61. The molecule has 7 heteroatoms. The van der Waals surface area contributed by atoms with Gasteiger partial charge in [-0.3, -0.25) is 0 Å². The van der Waals surface area contributed by atoms with Crippen LogP contribution in [0.5, 0.6) is 0 Å². The summed E-state index contributed by atoms with van der Waals surface area (Å²) in [6.07, 6.45) is 0. The van der Waals surface area contributed by atoms with Crippen molar-refractivity contribution in [3.63, 3.8) is 0 Å². The fourth-order valence-electron chi connectivity index (χ4n) is 2.54. The highest BCUT2D eigenvalue weighted by Gasteiger charge is 2.08. The van der Waals surface area contributed by atoms with Crippen molar-refractivity contribution < 1.29 is 13.9 Å². The van der Waals surface area contributed by atoms with Gasteiger partial charge in [0.25, 0.3) is 0 Å². The van der Waals surface area contributed by atoms with E-state index in [1.165, 1.54) is 13.2 Å². The summed E-state index contributed by atoms with van der Waals surface area (Å²) in [5.41, 5.74) is 1.68. The van der Waals surface area contributed by atoms with Crippen LogP contribution < -0.4 is 10.6 Å². The molecule has 0 saturated heterocycles. The van der Waals surface area contributed by atoms with Crippen LogP contribution in [0.15, 0.2) is 54.6 Å². The van der Waals surface area contributed by atoms with Crippen LogP contribution >= 0.6 is 0 Å². The molecular weight excluding hydrogens is 347 g/mol. The van der Waals surface area contributed by atoms with Crippen molar-refractivity contribution in [3.05, 3.63) is 77.4 Å². The minimum atomic E-state index is -0.412. The van der Waals surface area contributed by atoms with E-state index in [9.17, 15) is 9.18 Å². The molecule has 27 heavy (non-hydrogen) atoms. The number of carbonyl (C=O) groups is 1. The predicted octanol–water partition coefficient (Wildman–Crippen LogP) is 4.07. The topological polar surface area (TPSA) is 76.1 Å². The number of benzene rings is 2. The number of ether oxygens (including phenoxy) is 1. The fourth-order valence-corrected chi connectivity index (χ4v) is 2.54. The van der Waals surface area contributed by atoms with Gasteiger partial charge in [-0.2, -0.15) is 0 Å². The number of hydrogen-bond acceptors (Lipinski definition) is 6. The molecular formula is C20H19FN4O2. The van der Waals surface area contributed by atoms with E-state index in [-0.39, 0.29) is 5.82 Å². The highest BCUT2D eigenvalue weighted by molar-refractivity contribution is 5.90. The van der Waals surface area contributed by atoms with Crippen molar-refractivity contribution in [2.75, 3.05) is 17.7 Å². The van der Waals surface area contributed by atoms with Gasteiger partial charge in [-0.1, -0.05) is 24.3 Å². The molecule has 0 radical (unpaired) electrons. The molecule has 0 saturated carbocycles. The number of aryl methyl sites for hydroxylation is 1. The Hall–Kier alpha value is -3.48. The summed E-state index contributed by atoms with van der Waals surface area (Å²) >= 11 is 0. The van der Waals surface area contributed by atoms with Crippen molar-refractivity contribution in [1.82, 2.24) is 9.97 Å². The van der Waals surface area contributed by atoms with E-state index >= 15 is 0 Å². The van der Waals surface area contributed by atoms with Crippen molar-refractivity contribution in [1.29, 1.82) is 0 Å². The van der Waals surface area contributed by atoms with Crippen LogP contribution in [0, 0.1) is 12.7 Å². The highest BCUT2D eigenvalue weighted by atomic mass is 19.1. The van der Waals surface area contributed by atoms with Gasteiger partial charge < -0.3 is 15.4 Å². The molecule has 0 aliphatic rings. The number of rotatable bonds is 6. The molecule has 3 aromatic rings. The van der Waals surface area contributed by atoms with Gasteiger partial charge in [-0.05, 0) is 31.2 Å². The number of esters is 1. The number of methoxy groups -OCH3 is 1. The Morgan fingerprint density at radius 3 is 2.63 bits per heavy atom. The molecule has 0 aliphatic carbocycles. The Morgan fingerprint density at radius 1 is 1.07 bits per heavy atom. The molecule has 0 aliphatic heterocycles. The molecule has 0 bridgehead atoms. The van der Waals surface area contributed by atoms with E-state index in [1.807, 2.05) is 6.07 Å². The van der Waals surface area contributed by atoms with Crippen molar-refractivity contribution in [2.24, 2.45) is 0 Å². The lowest BCUT2D eigenvalue weighted by molar-refractivity contribution is 0.0601. The van der Waals surface area contributed by atoms with Crippen molar-refractivity contribution >= 4 is 23.3 Å². The number of aromatic nitrogens is 2. The highest BCUT2D eigenvalue weighted by Crippen LogP contribution is 2.19. The van der Waals surface area contributed by atoms with Crippen molar-refractivity contribution in [3.8, 4) is 0 Å². The molecule has 0 unspecified atom stereocenters. The molecule has 0 atom stereocenters. The molecule has 0 spiro atoms. The maximum absolute atomic E-state index is 13.7. The average molecular weight is 366 g/mol. The molecule has 0 amide bonds. The van der Waals surface area contributed by atoms with Gasteiger partial charge in [0.15, 0.2) is 0 Å². The smallest absolute Gasteiger partial charge is 0.337 e. The van der Waals surface area contributed by atoms with Crippen LogP contribution in [0.4, 0.5) is 21.7 Å². The lowest BCUT2D eigenvalue weighted by Crippen LogP contribution is -2.06. The van der Waals surface area contributed by atoms with E-state index in [2.05, 4.69) is 20.6 Å². The summed E-state index contributed by atoms with van der Waals surface area (Å²) in [6, 6.07) is 15.2. The van der Waals surface area contributed by atoms with Gasteiger partial charge in [0.05, 0.1) is 12.7 Å². The Balaban J connectivity index is 1.75. The van der Waals surface area contributed by atoms with Gasteiger partial charge in [-0.15, -0.1) is 0 Å². The monoisotopic (exact) mass is 366 g/mol. The van der Waals surface area contributed by atoms with E-state index in [1.54, 1.807) is 49.4 Å². The standard InChI is InChI=1S/C20H19FN4O2/c1-13-23-18(22-12-15-6-3-4-9-17(15)21)11-19(24-13)25-16-8-5-7-14(10-16)20(26)27-2/h3-11H,12H2,1-2H3,(H2,22,23,24,25). The quantitative estimate of drug-likeness (QED) is 0.641. The van der Waals surface area contributed by atoms with Crippen LogP contribution in [0.2, 0.25) is 0 Å². The minimum absolute atomic E-state index is 0.270. The third-order valence-corrected chi connectivity index (χ3v) is 3.81. The van der Waals surface area contributed by atoms with Gasteiger partial charge in [0, 0.05) is 23.9 Å². The van der Waals surface area contributed by atoms with Crippen molar-refractivity contribution in [2.45, 2.75) is 13.5 Å². The second-order valence-corrected chi connectivity index (χ2v) is 5.83. The fraction of sp³-hybridized carbons (Fsp3) is 0.150. The lowest BCUT2D eigenvalue weighted by Gasteiger charge is -2.11. The molecule has 1 heterocycles. The van der Waals surface area contributed by atoms with Crippen LogP contribution in [0.3, 0.4) is 0 Å². The first-order valence-corrected chi connectivity index (χ1v) is 8.33. The zero-order chi connectivity index (χ0) is 19.2. The number of halogens is 1. The Labute approximate surface area is 156 Å². The predicted molar refractivity (Wildman–Crippen MR) is 102 cm³/mol. The Morgan fingerprint density at radius 2 is 1.85 bits per heavy atom. The number of carbonyl (C=O) groups excluding carboxylic acids is 1. The van der Waals surface area contributed by atoms with Crippen LogP contribution in [0.25, 0.3) is 0 Å². The number of nitrogens with zero attached hydrogens (tertiary/aromatic N) is 2. The summed E-state index contributed by atoms with van der Waals surface area (Å²) in [7, 11) is 1.34. The molecule has 6 nitrogen and oxygen atoms in total. The number of nitrogens with one attached hydrogen (secondary N) is 2. The summed E-state index contributed by atoms with van der Waals surface area (Å²) in [5.74, 6) is 0.997. The van der Waals surface area contributed by atoms with E-state index in [0.29, 0.717) is 40.8 Å². The van der Waals surface area contributed by atoms with E-state index in [0.717, 1.165) is 0 Å². The zero-order valence-electron chi connectivity index (χ0n) is 15.0. The lowest BCUT2D eigenvalue weighted by atomic mass is 10.2. The molecule has 0 fully saturated rings. The number of hydrogen-bond donors (Lipinski definition) is 2. The molecule has 3 rings (SSSR count). The Bertz CT molecular complexity index is 962. The second kappa shape index (κ2) is 8.27. The SMILES string of the molecule is COC(=O)c1cccc(Nc2cc(NCc3ccccc3F)nc(C)n2)c1. The maximum Gasteiger partial charge on any atom is 0.337 e. The van der Waals surface area contributed by atoms with Crippen LogP contribution in [-0.2, 0) is 11.3 Å². The third kappa shape index (κ3) is 4.78.